The molecule has 2 aliphatic rings. The number of amides is 1. The van der Waals surface area contributed by atoms with Gasteiger partial charge in [0.2, 0.25) is 5.75 Å². The van der Waals surface area contributed by atoms with Crippen molar-refractivity contribution in [1.82, 2.24) is 10.3 Å². The van der Waals surface area contributed by atoms with Crippen LogP contribution in [0.3, 0.4) is 0 Å². The lowest BCUT2D eigenvalue weighted by Crippen LogP contribution is -2.35. The van der Waals surface area contributed by atoms with Gasteiger partial charge in [0.15, 0.2) is 17.3 Å². The smallest absolute Gasteiger partial charge is 0.255 e. The van der Waals surface area contributed by atoms with Crippen molar-refractivity contribution in [2.45, 2.75) is 32.1 Å². The van der Waals surface area contributed by atoms with Crippen molar-refractivity contribution in [2.75, 3.05) is 26.6 Å². The van der Waals surface area contributed by atoms with Crippen molar-refractivity contribution in [2.24, 2.45) is 0 Å². The molecule has 1 aliphatic carbocycles. The summed E-state index contributed by atoms with van der Waals surface area (Å²) in [5.74, 6) is 0.791. The van der Waals surface area contributed by atoms with E-state index in [1.54, 1.807) is 37.6 Å². The Morgan fingerprint density at radius 1 is 1.06 bits per heavy atom. The van der Waals surface area contributed by atoms with Gasteiger partial charge in [-0.3, -0.25) is 9.59 Å². The van der Waals surface area contributed by atoms with Gasteiger partial charge in [0.25, 0.3) is 5.91 Å². The summed E-state index contributed by atoms with van der Waals surface area (Å²) in [7, 11) is 4.60. The first-order valence-electron chi connectivity index (χ1n) is 10.7. The molecule has 4 rings (SSSR count). The van der Waals surface area contributed by atoms with Crippen molar-refractivity contribution >= 4 is 17.5 Å². The highest BCUT2D eigenvalue weighted by Gasteiger charge is 2.40. The summed E-state index contributed by atoms with van der Waals surface area (Å²) in [4.78, 5) is 30.9. The third-order valence-corrected chi connectivity index (χ3v) is 5.97. The Labute approximate surface area is 192 Å². The van der Waals surface area contributed by atoms with E-state index in [0.717, 1.165) is 18.5 Å². The zero-order valence-electron chi connectivity index (χ0n) is 19.2. The maximum Gasteiger partial charge on any atom is 0.255 e. The summed E-state index contributed by atoms with van der Waals surface area (Å²) in [6, 6.07) is 8.87. The molecular weight excluding hydrogens is 422 g/mol. The van der Waals surface area contributed by atoms with Crippen LogP contribution in [0, 0.1) is 0 Å². The fourth-order valence-corrected chi connectivity index (χ4v) is 4.57. The van der Waals surface area contributed by atoms with E-state index in [9.17, 15) is 9.59 Å². The van der Waals surface area contributed by atoms with Gasteiger partial charge in [-0.15, -0.1) is 0 Å². The normalized spacial score (nSPS) is 17.8. The molecule has 1 atom stereocenters. The van der Waals surface area contributed by atoms with Crippen molar-refractivity contribution in [1.29, 1.82) is 0 Å². The molecule has 1 amide bonds. The second-order valence-electron chi connectivity index (χ2n) is 7.86. The molecule has 1 unspecified atom stereocenters. The maximum absolute atomic E-state index is 13.5. The van der Waals surface area contributed by atoms with Gasteiger partial charge in [-0.05, 0) is 38.0 Å². The third kappa shape index (κ3) is 4.04. The largest absolute Gasteiger partial charge is 0.493 e. The number of pyridine rings is 1. The van der Waals surface area contributed by atoms with Gasteiger partial charge in [0.05, 0.1) is 27.2 Å². The molecule has 33 heavy (non-hydrogen) atoms. The number of methoxy groups -OCH3 is 3. The quantitative estimate of drug-likeness (QED) is 0.694. The summed E-state index contributed by atoms with van der Waals surface area (Å²) in [6.45, 7) is 1.84. The molecule has 8 heteroatoms. The molecule has 2 N–H and O–H groups in total. The number of ketones is 1. The van der Waals surface area contributed by atoms with Gasteiger partial charge in [0.1, 0.15) is 5.82 Å². The highest BCUT2D eigenvalue weighted by atomic mass is 16.5. The number of allylic oxidation sites excluding steroid dienone is 3. The minimum atomic E-state index is -0.632. The molecule has 1 aliphatic heterocycles. The third-order valence-electron chi connectivity index (χ3n) is 5.97. The Bertz CT molecular complexity index is 1150. The summed E-state index contributed by atoms with van der Waals surface area (Å²) in [5, 5.41) is 6.18. The zero-order chi connectivity index (χ0) is 23.5. The topological polar surface area (TPSA) is 98.8 Å². The summed E-state index contributed by atoms with van der Waals surface area (Å²) in [5.41, 5.74) is 3.20. The summed E-state index contributed by atoms with van der Waals surface area (Å²) < 4.78 is 16.7. The Kier molecular flexibility index (Phi) is 6.35. The zero-order valence-corrected chi connectivity index (χ0v) is 19.2. The lowest BCUT2D eigenvalue weighted by molar-refractivity contribution is -0.116. The molecule has 0 saturated heterocycles. The first-order chi connectivity index (χ1) is 16.0. The summed E-state index contributed by atoms with van der Waals surface area (Å²) >= 11 is 0. The number of hydrogen-bond donors (Lipinski definition) is 2. The van der Waals surface area contributed by atoms with Gasteiger partial charge < -0.3 is 24.8 Å². The number of hydrogen-bond acceptors (Lipinski definition) is 7. The van der Waals surface area contributed by atoms with Gasteiger partial charge in [-0.1, -0.05) is 12.1 Å². The molecule has 1 aromatic heterocycles. The van der Waals surface area contributed by atoms with Gasteiger partial charge in [-0.25, -0.2) is 4.98 Å². The van der Waals surface area contributed by atoms with Crippen LogP contribution in [0.2, 0.25) is 0 Å². The molecule has 2 heterocycles. The highest BCUT2D eigenvalue weighted by Crippen LogP contribution is 2.49. The van der Waals surface area contributed by atoms with E-state index in [1.165, 1.54) is 14.2 Å². The monoisotopic (exact) mass is 449 g/mol. The van der Waals surface area contributed by atoms with E-state index in [1.807, 2.05) is 13.0 Å². The number of rotatable bonds is 6. The number of anilines is 1. The standard InChI is InChI=1S/C25H27N3O5/c1-14-20(25(30)28-19-10-5-6-13-26-19)21(22-16(27-14)8-7-9-17(22)29)15-11-12-18(31-2)24(33-4)23(15)32-3/h5-6,10-13,21,27H,7-9H2,1-4H3,(H,26,28,30). The second kappa shape index (κ2) is 9.36. The molecule has 1 aromatic carbocycles. The van der Waals surface area contributed by atoms with Crippen LogP contribution in [-0.4, -0.2) is 38.0 Å². The molecule has 0 bridgehead atoms. The van der Waals surface area contributed by atoms with E-state index >= 15 is 0 Å². The minimum Gasteiger partial charge on any atom is -0.493 e. The number of carbonyl (C=O) groups excluding carboxylic acids is 2. The Morgan fingerprint density at radius 2 is 1.85 bits per heavy atom. The lowest BCUT2D eigenvalue weighted by atomic mass is 9.74. The van der Waals surface area contributed by atoms with Crippen LogP contribution in [0.25, 0.3) is 0 Å². The highest BCUT2D eigenvalue weighted by molar-refractivity contribution is 6.09. The van der Waals surface area contributed by atoms with Gasteiger partial charge in [-0.2, -0.15) is 0 Å². The second-order valence-corrected chi connectivity index (χ2v) is 7.86. The average molecular weight is 450 g/mol. The number of benzene rings is 1. The van der Waals surface area contributed by atoms with Crippen molar-refractivity contribution in [3.05, 3.63) is 64.6 Å². The minimum absolute atomic E-state index is 0.0150. The number of ether oxygens (including phenoxy) is 3. The molecule has 0 radical (unpaired) electrons. The van der Waals surface area contributed by atoms with Crippen molar-refractivity contribution < 1.29 is 23.8 Å². The summed E-state index contributed by atoms with van der Waals surface area (Å²) in [6.07, 6.45) is 3.54. The fourth-order valence-electron chi connectivity index (χ4n) is 4.57. The average Bonchev–Trinajstić information content (AvgIpc) is 2.82. The van der Waals surface area contributed by atoms with E-state index in [2.05, 4.69) is 15.6 Å². The van der Waals surface area contributed by atoms with Gasteiger partial charge >= 0.3 is 0 Å². The molecule has 0 fully saturated rings. The Hall–Kier alpha value is -3.81. The van der Waals surface area contributed by atoms with Crippen LogP contribution < -0.4 is 24.8 Å². The SMILES string of the molecule is COc1ccc(C2C(C(=O)Nc3ccccn3)=C(C)NC3=C2C(=O)CCC3)c(OC)c1OC. The van der Waals surface area contributed by atoms with Crippen molar-refractivity contribution in [3.63, 3.8) is 0 Å². The predicted molar refractivity (Wildman–Crippen MR) is 123 cm³/mol. The number of nitrogens with one attached hydrogen (secondary N) is 2. The van der Waals surface area contributed by atoms with Crippen molar-refractivity contribution in [3.8, 4) is 17.2 Å². The predicted octanol–water partition coefficient (Wildman–Crippen LogP) is 3.71. The van der Waals surface area contributed by atoms with E-state index in [0.29, 0.717) is 51.9 Å². The Morgan fingerprint density at radius 3 is 2.52 bits per heavy atom. The van der Waals surface area contributed by atoms with Crippen LogP contribution in [-0.2, 0) is 9.59 Å². The number of carbonyl (C=O) groups is 2. The van der Waals surface area contributed by atoms with E-state index in [-0.39, 0.29) is 11.7 Å². The van der Waals surface area contributed by atoms with Crippen LogP contribution in [0.1, 0.15) is 37.7 Å². The molecule has 0 spiro atoms. The number of dihydropyridines is 1. The number of nitrogens with zero attached hydrogens (tertiary/aromatic N) is 1. The van der Waals surface area contributed by atoms with Crippen LogP contribution in [0.5, 0.6) is 17.2 Å². The molecule has 2 aromatic rings. The van der Waals surface area contributed by atoms with Crippen LogP contribution in [0.4, 0.5) is 5.82 Å². The Balaban J connectivity index is 1.90. The fraction of sp³-hybridized carbons (Fsp3) is 0.320. The molecule has 8 nitrogen and oxygen atoms in total. The van der Waals surface area contributed by atoms with E-state index in [4.69, 9.17) is 14.2 Å². The first kappa shape index (κ1) is 22.4. The molecular formula is C25H27N3O5. The number of aromatic nitrogens is 1. The maximum atomic E-state index is 13.5. The van der Waals surface area contributed by atoms with E-state index < -0.39 is 5.92 Å². The first-order valence-corrected chi connectivity index (χ1v) is 10.7. The number of Topliss-reactive ketones (excluding diaryl/α,β-unsaturated/α-hetero) is 1. The van der Waals surface area contributed by atoms with Crippen LogP contribution in [0.15, 0.2) is 59.1 Å². The van der Waals surface area contributed by atoms with Gasteiger partial charge in [0, 0.05) is 40.7 Å². The molecule has 172 valence electrons. The van der Waals surface area contributed by atoms with Crippen LogP contribution >= 0.6 is 0 Å². The lowest BCUT2D eigenvalue weighted by Gasteiger charge is -2.35. The molecule has 0 saturated carbocycles.